The van der Waals surface area contributed by atoms with Crippen LogP contribution in [0.2, 0.25) is 0 Å². The first-order chi connectivity index (χ1) is 14.5. The summed E-state index contributed by atoms with van der Waals surface area (Å²) in [7, 11) is 0. The summed E-state index contributed by atoms with van der Waals surface area (Å²) in [5.41, 5.74) is 2.26. The van der Waals surface area contributed by atoms with Crippen molar-refractivity contribution in [2.45, 2.75) is 25.9 Å². The highest BCUT2D eigenvalue weighted by atomic mass is 19.3. The zero-order chi connectivity index (χ0) is 21.1. The SMILES string of the molecule is O=[N+]([O-])c1cn2c(n1)OC[C@@H](OCc1ccnc(-c3ccc(OC(F)F)cc3)c1)C2. The summed E-state index contributed by atoms with van der Waals surface area (Å²) in [6.07, 6.45) is 2.65. The molecule has 30 heavy (non-hydrogen) atoms. The molecule has 9 nitrogen and oxygen atoms in total. The zero-order valence-corrected chi connectivity index (χ0v) is 15.5. The topological polar surface area (TPSA) is 102 Å². The molecule has 3 aromatic rings. The van der Waals surface area contributed by atoms with Crippen LogP contribution in [-0.4, -0.2) is 38.8 Å². The third kappa shape index (κ3) is 4.51. The van der Waals surface area contributed by atoms with Gasteiger partial charge in [-0.05, 0) is 46.9 Å². The molecule has 1 atom stereocenters. The summed E-state index contributed by atoms with van der Waals surface area (Å²) < 4.78 is 41.7. The van der Waals surface area contributed by atoms with Gasteiger partial charge in [-0.2, -0.15) is 8.78 Å². The number of imidazole rings is 1. The van der Waals surface area contributed by atoms with Gasteiger partial charge in [-0.1, -0.05) is 0 Å². The maximum atomic E-state index is 12.3. The highest BCUT2D eigenvalue weighted by molar-refractivity contribution is 5.60. The number of pyridine rings is 1. The number of alkyl halides is 2. The quantitative estimate of drug-likeness (QED) is 0.428. The Morgan fingerprint density at radius 3 is 2.83 bits per heavy atom. The van der Waals surface area contributed by atoms with Gasteiger partial charge in [0.2, 0.25) is 0 Å². The summed E-state index contributed by atoms with van der Waals surface area (Å²) in [5.74, 6) is -0.195. The van der Waals surface area contributed by atoms with Gasteiger partial charge < -0.3 is 24.3 Å². The van der Waals surface area contributed by atoms with Crippen LogP contribution in [0.5, 0.6) is 11.8 Å². The third-order valence-corrected chi connectivity index (χ3v) is 4.40. The largest absolute Gasteiger partial charge is 0.443 e. The average Bonchev–Trinajstić information content (AvgIpc) is 3.16. The standard InChI is InChI=1S/C19H16F2N4O5/c20-18(21)30-14-3-1-13(2-4-14)16-7-12(5-6-22-16)10-28-15-8-24-9-17(25(26)27)23-19(24)29-11-15/h1-7,9,15,18H,8,10-11H2/t15-/m0/s1. The molecule has 1 aromatic carbocycles. The maximum absolute atomic E-state index is 12.3. The molecule has 1 aliphatic rings. The van der Waals surface area contributed by atoms with Crippen LogP contribution in [0, 0.1) is 10.1 Å². The Morgan fingerprint density at radius 1 is 1.30 bits per heavy atom. The Kier molecular flexibility index (Phi) is 5.53. The first-order valence-electron chi connectivity index (χ1n) is 8.94. The van der Waals surface area contributed by atoms with E-state index in [9.17, 15) is 18.9 Å². The fraction of sp³-hybridized carbons (Fsp3) is 0.263. The molecule has 0 spiro atoms. The average molecular weight is 418 g/mol. The number of aromatic nitrogens is 3. The van der Waals surface area contributed by atoms with Gasteiger partial charge in [0.25, 0.3) is 0 Å². The van der Waals surface area contributed by atoms with Gasteiger partial charge in [0, 0.05) is 16.7 Å². The fourth-order valence-electron chi connectivity index (χ4n) is 3.00. The summed E-state index contributed by atoms with van der Waals surface area (Å²) in [5, 5.41) is 10.8. The first kappa shape index (κ1) is 19.7. The second-order valence-corrected chi connectivity index (χ2v) is 6.49. The molecular weight excluding hydrogens is 402 g/mol. The molecule has 11 heteroatoms. The van der Waals surface area contributed by atoms with E-state index >= 15 is 0 Å². The van der Waals surface area contributed by atoms with E-state index in [0.717, 1.165) is 11.1 Å². The number of nitrogens with zero attached hydrogens (tertiary/aromatic N) is 4. The molecule has 2 aromatic heterocycles. The Hall–Kier alpha value is -3.60. The third-order valence-electron chi connectivity index (χ3n) is 4.40. The second kappa shape index (κ2) is 8.41. The Balaban J connectivity index is 1.38. The lowest BCUT2D eigenvalue weighted by molar-refractivity contribution is -0.389. The van der Waals surface area contributed by atoms with Crippen molar-refractivity contribution in [3.05, 3.63) is 64.5 Å². The van der Waals surface area contributed by atoms with E-state index in [1.165, 1.54) is 18.3 Å². The predicted octanol–water partition coefficient (Wildman–Crippen LogP) is 3.43. The summed E-state index contributed by atoms with van der Waals surface area (Å²) in [6, 6.07) is 10.0. The minimum absolute atomic E-state index is 0.0737. The van der Waals surface area contributed by atoms with Crippen LogP contribution in [0.3, 0.4) is 0 Å². The van der Waals surface area contributed by atoms with Crippen LogP contribution >= 0.6 is 0 Å². The van der Waals surface area contributed by atoms with Crippen LogP contribution in [0.15, 0.2) is 48.8 Å². The summed E-state index contributed by atoms with van der Waals surface area (Å²) >= 11 is 0. The molecule has 0 fully saturated rings. The van der Waals surface area contributed by atoms with E-state index in [4.69, 9.17) is 9.47 Å². The van der Waals surface area contributed by atoms with Gasteiger partial charge in [-0.15, -0.1) is 0 Å². The Morgan fingerprint density at radius 2 is 2.10 bits per heavy atom. The Labute approximate surface area is 169 Å². The van der Waals surface area contributed by atoms with Gasteiger partial charge in [0.15, 0.2) is 0 Å². The smallest absolute Gasteiger partial charge is 0.414 e. The zero-order valence-electron chi connectivity index (χ0n) is 15.5. The number of fused-ring (bicyclic) bond motifs is 1. The lowest BCUT2D eigenvalue weighted by atomic mass is 10.1. The van der Waals surface area contributed by atoms with E-state index < -0.39 is 11.5 Å². The highest BCUT2D eigenvalue weighted by Crippen LogP contribution is 2.24. The monoisotopic (exact) mass is 418 g/mol. The van der Waals surface area contributed by atoms with Crippen molar-refractivity contribution in [2.75, 3.05) is 6.61 Å². The summed E-state index contributed by atoms with van der Waals surface area (Å²) in [6.45, 7) is -1.97. The molecule has 0 N–H and O–H groups in total. The lowest BCUT2D eigenvalue weighted by Crippen LogP contribution is -2.32. The second-order valence-electron chi connectivity index (χ2n) is 6.49. The van der Waals surface area contributed by atoms with E-state index in [0.29, 0.717) is 12.2 Å². The molecule has 0 saturated heterocycles. The molecule has 4 rings (SSSR count). The number of nitro groups is 1. The van der Waals surface area contributed by atoms with Crippen LogP contribution in [-0.2, 0) is 17.9 Å². The molecule has 0 bridgehead atoms. The number of rotatable bonds is 7. The van der Waals surface area contributed by atoms with Gasteiger partial charge in [0.1, 0.15) is 24.7 Å². The molecule has 1 aliphatic heterocycles. The molecular formula is C19H16F2N4O5. The van der Waals surface area contributed by atoms with E-state index in [1.54, 1.807) is 29.0 Å². The van der Waals surface area contributed by atoms with Crippen LogP contribution in [0.25, 0.3) is 11.3 Å². The number of hydrogen-bond donors (Lipinski definition) is 0. The van der Waals surface area contributed by atoms with Crippen molar-refractivity contribution in [3.63, 3.8) is 0 Å². The van der Waals surface area contributed by atoms with Crippen molar-refractivity contribution in [3.8, 4) is 23.0 Å². The molecule has 0 amide bonds. The van der Waals surface area contributed by atoms with Crippen molar-refractivity contribution in [1.82, 2.24) is 14.5 Å². The molecule has 156 valence electrons. The van der Waals surface area contributed by atoms with Gasteiger partial charge in [0.05, 0.1) is 18.8 Å². The van der Waals surface area contributed by atoms with E-state index in [-0.39, 0.29) is 36.9 Å². The van der Waals surface area contributed by atoms with Crippen LogP contribution in [0.4, 0.5) is 14.6 Å². The number of benzene rings is 1. The first-order valence-corrected chi connectivity index (χ1v) is 8.94. The minimum atomic E-state index is -2.87. The lowest BCUT2D eigenvalue weighted by Gasteiger charge is -2.22. The van der Waals surface area contributed by atoms with E-state index in [1.807, 2.05) is 6.07 Å². The van der Waals surface area contributed by atoms with Gasteiger partial charge in [-0.25, -0.2) is 0 Å². The fourth-order valence-corrected chi connectivity index (χ4v) is 3.00. The van der Waals surface area contributed by atoms with Gasteiger partial charge in [-0.3, -0.25) is 9.55 Å². The normalized spacial score (nSPS) is 15.5. The van der Waals surface area contributed by atoms with Crippen molar-refractivity contribution >= 4 is 5.82 Å². The number of ether oxygens (including phenoxy) is 3. The molecule has 0 saturated carbocycles. The number of hydrogen-bond acceptors (Lipinski definition) is 7. The number of halogens is 2. The molecule has 0 unspecified atom stereocenters. The van der Waals surface area contributed by atoms with Gasteiger partial charge >= 0.3 is 18.4 Å². The minimum Gasteiger partial charge on any atom is -0.443 e. The highest BCUT2D eigenvalue weighted by Gasteiger charge is 2.28. The van der Waals surface area contributed by atoms with Crippen molar-refractivity contribution in [1.29, 1.82) is 0 Å². The van der Waals surface area contributed by atoms with Crippen molar-refractivity contribution in [2.24, 2.45) is 0 Å². The van der Waals surface area contributed by atoms with E-state index in [2.05, 4.69) is 14.7 Å². The Bertz CT molecular complexity index is 1040. The maximum Gasteiger partial charge on any atom is 0.414 e. The van der Waals surface area contributed by atoms with Crippen LogP contribution < -0.4 is 9.47 Å². The summed E-state index contributed by atoms with van der Waals surface area (Å²) in [4.78, 5) is 18.3. The predicted molar refractivity (Wildman–Crippen MR) is 99.3 cm³/mol. The van der Waals surface area contributed by atoms with Crippen LogP contribution in [0.1, 0.15) is 5.56 Å². The molecule has 0 aliphatic carbocycles. The molecule has 0 radical (unpaired) electrons. The molecule has 3 heterocycles. The van der Waals surface area contributed by atoms with Crippen molar-refractivity contribution < 1.29 is 27.9 Å².